The molecule has 1 atom stereocenters. The fourth-order valence-electron chi connectivity index (χ4n) is 2.95. The van der Waals surface area contributed by atoms with Gasteiger partial charge in [-0.15, -0.1) is 0 Å². The SMILES string of the molecule is COc1cccc(/C=C/C(=O)O[C@H](C(=O)c2ccc(C)cc2)c2ccc(C)cc2)c1. The Morgan fingerprint density at radius 1 is 0.867 bits per heavy atom. The number of hydrogen-bond donors (Lipinski definition) is 0. The number of methoxy groups -OCH3 is 1. The van der Waals surface area contributed by atoms with Gasteiger partial charge >= 0.3 is 5.97 Å². The summed E-state index contributed by atoms with van der Waals surface area (Å²) in [6, 6.07) is 21.9. The fourth-order valence-corrected chi connectivity index (χ4v) is 2.95. The highest BCUT2D eigenvalue weighted by Crippen LogP contribution is 2.24. The van der Waals surface area contributed by atoms with E-state index in [1.807, 2.05) is 68.4 Å². The third-order valence-corrected chi connectivity index (χ3v) is 4.69. The van der Waals surface area contributed by atoms with Gasteiger partial charge in [0.2, 0.25) is 5.78 Å². The number of hydrogen-bond acceptors (Lipinski definition) is 4. The molecule has 0 fully saturated rings. The summed E-state index contributed by atoms with van der Waals surface area (Å²) >= 11 is 0. The Balaban J connectivity index is 1.83. The summed E-state index contributed by atoms with van der Waals surface area (Å²) in [5.41, 5.74) is 4.04. The molecule has 3 aromatic rings. The van der Waals surface area contributed by atoms with E-state index in [4.69, 9.17) is 9.47 Å². The highest BCUT2D eigenvalue weighted by Gasteiger charge is 2.25. The second-order valence-corrected chi connectivity index (χ2v) is 7.07. The van der Waals surface area contributed by atoms with Gasteiger partial charge in [0.1, 0.15) is 5.75 Å². The molecule has 0 aliphatic heterocycles. The molecule has 0 saturated carbocycles. The zero-order valence-corrected chi connectivity index (χ0v) is 17.3. The Hall–Kier alpha value is -3.66. The molecule has 0 amide bonds. The summed E-state index contributed by atoms with van der Waals surface area (Å²) in [4.78, 5) is 25.6. The van der Waals surface area contributed by atoms with Crippen molar-refractivity contribution in [2.75, 3.05) is 7.11 Å². The predicted octanol–water partition coefficient (Wildman–Crippen LogP) is 5.49. The minimum absolute atomic E-state index is 0.262. The number of ketones is 1. The summed E-state index contributed by atoms with van der Waals surface area (Å²) in [5.74, 6) is -0.163. The Kier molecular flexibility index (Phi) is 6.81. The van der Waals surface area contributed by atoms with Gasteiger partial charge in [-0.3, -0.25) is 4.79 Å². The maximum Gasteiger partial charge on any atom is 0.331 e. The first-order chi connectivity index (χ1) is 14.5. The lowest BCUT2D eigenvalue weighted by atomic mass is 9.98. The van der Waals surface area contributed by atoms with E-state index in [0.717, 1.165) is 16.7 Å². The number of benzene rings is 3. The molecule has 0 bridgehead atoms. The van der Waals surface area contributed by atoms with Gasteiger partial charge in [-0.25, -0.2) is 4.79 Å². The smallest absolute Gasteiger partial charge is 0.331 e. The Bertz CT molecular complexity index is 1050. The van der Waals surface area contributed by atoms with Crippen LogP contribution in [0.5, 0.6) is 5.75 Å². The van der Waals surface area contributed by atoms with Crippen LogP contribution in [0.4, 0.5) is 0 Å². The van der Waals surface area contributed by atoms with Crippen LogP contribution in [0.25, 0.3) is 6.08 Å². The number of ether oxygens (including phenoxy) is 2. The highest BCUT2D eigenvalue weighted by molar-refractivity contribution is 6.01. The van der Waals surface area contributed by atoms with Crippen LogP contribution in [0.3, 0.4) is 0 Å². The molecule has 0 aromatic heterocycles. The van der Waals surface area contributed by atoms with Crippen LogP contribution < -0.4 is 4.74 Å². The average Bonchev–Trinajstić information content (AvgIpc) is 2.77. The van der Waals surface area contributed by atoms with Crippen LogP contribution in [0, 0.1) is 13.8 Å². The first kappa shape index (κ1) is 21.1. The van der Waals surface area contributed by atoms with Crippen molar-refractivity contribution in [3.8, 4) is 5.75 Å². The lowest BCUT2D eigenvalue weighted by Crippen LogP contribution is -2.19. The van der Waals surface area contributed by atoms with Gasteiger partial charge in [0.15, 0.2) is 6.10 Å². The summed E-state index contributed by atoms with van der Waals surface area (Å²) in [6.07, 6.45) is 1.93. The molecule has 152 valence electrons. The van der Waals surface area contributed by atoms with Crippen LogP contribution in [0.1, 0.15) is 38.7 Å². The summed E-state index contributed by atoms with van der Waals surface area (Å²) in [6.45, 7) is 3.92. The molecule has 0 unspecified atom stereocenters. The van der Waals surface area contributed by atoms with Crippen LogP contribution >= 0.6 is 0 Å². The molecule has 30 heavy (non-hydrogen) atoms. The Morgan fingerprint density at radius 2 is 1.50 bits per heavy atom. The quantitative estimate of drug-likeness (QED) is 0.299. The molecule has 0 spiro atoms. The van der Waals surface area contributed by atoms with E-state index in [2.05, 4.69) is 0 Å². The van der Waals surface area contributed by atoms with E-state index in [0.29, 0.717) is 16.9 Å². The monoisotopic (exact) mass is 400 g/mol. The minimum atomic E-state index is -1.02. The maximum absolute atomic E-state index is 13.1. The third kappa shape index (κ3) is 5.45. The van der Waals surface area contributed by atoms with Gasteiger partial charge in [-0.2, -0.15) is 0 Å². The molecular formula is C26H24O4. The molecule has 0 heterocycles. The molecule has 4 heteroatoms. The molecule has 0 aliphatic carbocycles. The van der Waals surface area contributed by atoms with Gasteiger partial charge < -0.3 is 9.47 Å². The molecular weight excluding hydrogens is 376 g/mol. The van der Waals surface area contributed by atoms with E-state index in [1.54, 1.807) is 31.4 Å². The van der Waals surface area contributed by atoms with Crippen molar-refractivity contribution in [2.45, 2.75) is 20.0 Å². The Morgan fingerprint density at radius 3 is 2.13 bits per heavy atom. The number of carbonyl (C=O) groups is 2. The first-order valence-electron chi connectivity index (χ1n) is 9.66. The van der Waals surface area contributed by atoms with E-state index < -0.39 is 12.1 Å². The molecule has 0 radical (unpaired) electrons. The average molecular weight is 400 g/mol. The van der Waals surface area contributed by atoms with Gasteiger partial charge in [-0.1, -0.05) is 71.8 Å². The van der Waals surface area contributed by atoms with E-state index in [-0.39, 0.29) is 5.78 Å². The summed E-state index contributed by atoms with van der Waals surface area (Å²) < 4.78 is 10.8. The van der Waals surface area contributed by atoms with Gasteiger partial charge in [0, 0.05) is 17.2 Å². The van der Waals surface area contributed by atoms with Crippen LogP contribution in [-0.2, 0) is 9.53 Å². The number of Topliss-reactive ketones (excluding diaryl/α,β-unsaturated/α-hetero) is 1. The number of rotatable bonds is 7. The van der Waals surface area contributed by atoms with Crippen molar-refractivity contribution in [2.24, 2.45) is 0 Å². The number of aryl methyl sites for hydroxylation is 2. The second-order valence-electron chi connectivity index (χ2n) is 7.07. The zero-order valence-electron chi connectivity index (χ0n) is 17.3. The van der Waals surface area contributed by atoms with Gasteiger partial charge in [0.05, 0.1) is 7.11 Å². The highest BCUT2D eigenvalue weighted by atomic mass is 16.5. The molecule has 4 nitrogen and oxygen atoms in total. The van der Waals surface area contributed by atoms with Gasteiger partial charge in [-0.05, 0) is 37.6 Å². The van der Waals surface area contributed by atoms with Crippen LogP contribution in [-0.4, -0.2) is 18.9 Å². The van der Waals surface area contributed by atoms with Crippen molar-refractivity contribution in [1.82, 2.24) is 0 Å². The van der Waals surface area contributed by atoms with Gasteiger partial charge in [0.25, 0.3) is 0 Å². The second kappa shape index (κ2) is 9.70. The van der Waals surface area contributed by atoms with E-state index in [1.165, 1.54) is 6.08 Å². The molecule has 3 aromatic carbocycles. The van der Waals surface area contributed by atoms with E-state index in [9.17, 15) is 9.59 Å². The summed E-state index contributed by atoms with van der Waals surface area (Å²) in [5, 5.41) is 0. The maximum atomic E-state index is 13.1. The standard InChI is InChI=1S/C26H24O4/c1-18-7-12-21(13-8-18)25(28)26(22-14-9-19(2)10-15-22)30-24(27)16-11-20-5-4-6-23(17-20)29-3/h4-17,26H,1-3H3/b16-11+/t26-/m0/s1. The topological polar surface area (TPSA) is 52.6 Å². The van der Waals surface area contributed by atoms with Crippen molar-refractivity contribution in [3.63, 3.8) is 0 Å². The predicted molar refractivity (Wildman–Crippen MR) is 118 cm³/mol. The lowest BCUT2D eigenvalue weighted by Gasteiger charge is -2.17. The van der Waals surface area contributed by atoms with Crippen molar-refractivity contribution < 1.29 is 19.1 Å². The minimum Gasteiger partial charge on any atom is -0.497 e. The van der Waals surface area contributed by atoms with Crippen LogP contribution in [0.2, 0.25) is 0 Å². The van der Waals surface area contributed by atoms with Crippen molar-refractivity contribution in [3.05, 3.63) is 107 Å². The van der Waals surface area contributed by atoms with Crippen molar-refractivity contribution in [1.29, 1.82) is 0 Å². The molecule has 0 aliphatic rings. The third-order valence-electron chi connectivity index (χ3n) is 4.69. The van der Waals surface area contributed by atoms with Crippen LogP contribution in [0.15, 0.2) is 78.9 Å². The zero-order chi connectivity index (χ0) is 21.5. The van der Waals surface area contributed by atoms with Crippen molar-refractivity contribution >= 4 is 17.8 Å². The Labute approximate surface area is 176 Å². The van der Waals surface area contributed by atoms with E-state index >= 15 is 0 Å². The lowest BCUT2D eigenvalue weighted by molar-refractivity contribution is -0.141. The number of carbonyl (C=O) groups excluding carboxylic acids is 2. The molecule has 0 saturated heterocycles. The molecule has 0 N–H and O–H groups in total. The first-order valence-corrected chi connectivity index (χ1v) is 9.66. The fraction of sp³-hybridized carbons (Fsp3) is 0.154. The largest absolute Gasteiger partial charge is 0.497 e. The molecule has 3 rings (SSSR count). The number of esters is 1. The summed E-state index contributed by atoms with van der Waals surface area (Å²) in [7, 11) is 1.58. The normalized spacial score (nSPS) is 11.8.